The van der Waals surface area contributed by atoms with E-state index in [9.17, 15) is 4.79 Å². The minimum atomic E-state index is -0.742. The number of hydrogen-bond acceptors (Lipinski definition) is 2. The fourth-order valence-electron chi connectivity index (χ4n) is 2.83. The van der Waals surface area contributed by atoms with Gasteiger partial charge in [0.2, 0.25) is 0 Å². The molecule has 0 fully saturated rings. The molecule has 0 unspecified atom stereocenters. The number of carboxylic acid groups (broad SMARTS) is 1. The van der Waals surface area contributed by atoms with Gasteiger partial charge in [-0.2, -0.15) is 0 Å². The van der Waals surface area contributed by atoms with E-state index in [1.807, 2.05) is 7.05 Å². The van der Waals surface area contributed by atoms with Crippen LogP contribution >= 0.6 is 0 Å². The van der Waals surface area contributed by atoms with Crippen molar-refractivity contribution in [2.24, 2.45) is 5.41 Å². The molecular weight excluding hydrogens is 238 g/mol. The van der Waals surface area contributed by atoms with Crippen LogP contribution in [-0.4, -0.2) is 29.6 Å². The van der Waals surface area contributed by atoms with Crippen molar-refractivity contribution in [3.63, 3.8) is 0 Å². The van der Waals surface area contributed by atoms with E-state index in [4.69, 9.17) is 5.11 Å². The van der Waals surface area contributed by atoms with Crippen LogP contribution in [-0.2, 0) is 24.2 Å². The van der Waals surface area contributed by atoms with E-state index in [1.165, 1.54) is 36.0 Å². The predicted molar refractivity (Wildman–Crippen MR) is 76.2 cm³/mol. The summed E-state index contributed by atoms with van der Waals surface area (Å²) in [5, 5.41) is 9.16. The van der Waals surface area contributed by atoms with Crippen LogP contribution in [0.25, 0.3) is 0 Å². The summed E-state index contributed by atoms with van der Waals surface area (Å²) in [5.74, 6) is -0.742. The van der Waals surface area contributed by atoms with Crippen LogP contribution in [0.5, 0.6) is 0 Å². The molecule has 1 aromatic rings. The van der Waals surface area contributed by atoms with Gasteiger partial charge in [-0.15, -0.1) is 0 Å². The monoisotopic (exact) mass is 261 g/mol. The molecule has 3 heteroatoms. The van der Waals surface area contributed by atoms with Gasteiger partial charge in [0.25, 0.3) is 0 Å². The molecule has 0 aliphatic heterocycles. The Hall–Kier alpha value is -1.35. The van der Waals surface area contributed by atoms with Crippen molar-refractivity contribution < 1.29 is 9.90 Å². The summed E-state index contributed by atoms with van der Waals surface area (Å²) in [6, 6.07) is 6.69. The highest BCUT2D eigenvalue weighted by atomic mass is 16.4. The first kappa shape index (κ1) is 14.1. The molecule has 0 bridgehead atoms. The van der Waals surface area contributed by atoms with E-state index in [0.717, 1.165) is 6.54 Å². The Kier molecular flexibility index (Phi) is 3.95. The van der Waals surface area contributed by atoms with Gasteiger partial charge in [-0.05, 0) is 56.8 Å². The third kappa shape index (κ3) is 3.35. The van der Waals surface area contributed by atoms with Gasteiger partial charge in [-0.1, -0.05) is 18.2 Å². The molecule has 0 saturated carbocycles. The topological polar surface area (TPSA) is 40.5 Å². The quantitative estimate of drug-likeness (QED) is 0.886. The second-order valence-electron chi connectivity index (χ2n) is 6.32. The molecule has 1 aliphatic carbocycles. The molecule has 0 saturated heterocycles. The fourth-order valence-corrected chi connectivity index (χ4v) is 2.83. The van der Waals surface area contributed by atoms with Crippen molar-refractivity contribution in [1.82, 2.24) is 4.90 Å². The minimum Gasteiger partial charge on any atom is -0.481 e. The van der Waals surface area contributed by atoms with Crippen LogP contribution in [0, 0.1) is 5.41 Å². The van der Waals surface area contributed by atoms with Crippen molar-refractivity contribution in [1.29, 1.82) is 0 Å². The fraction of sp³-hybridized carbons (Fsp3) is 0.562. The number of nitrogens with zero attached hydrogens (tertiary/aromatic N) is 1. The molecule has 1 aliphatic rings. The van der Waals surface area contributed by atoms with Crippen molar-refractivity contribution in [3.8, 4) is 0 Å². The first-order chi connectivity index (χ1) is 8.88. The third-order valence-electron chi connectivity index (χ3n) is 3.86. The highest BCUT2D eigenvalue weighted by molar-refractivity contribution is 5.73. The molecule has 0 amide bonds. The molecule has 104 valence electrons. The third-order valence-corrected chi connectivity index (χ3v) is 3.86. The number of carbonyl (C=O) groups is 1. The lowest BCUT2D eigenvalue weighted by atomic mass is 9.93. The van der Waals surface area contributed by atoms with E-state index >= 15 is 0 Å². The number of rotatable bonds is 5. The van der Waals surface area contributed by atoms with E-state index in [-0.39, 0.29) is 0 Å². The molecule has 3 nitrogen and oxygen atoms in total. The van der Waals surface area contributed by atoms with Gasteiger partial charge in [0, 0.05) is 13.1 Å². The maximum atomic E-state index is 11.1. The highest BCUT2D eigenvalue weighted by Gasteiger charge is 2.28. The van der Waals surface area contributed by atoms with Gasteiger partial charge in [0.05, 0.1) is 5.41 Å². The summed E-state index contributed by atoms with van der Waals surface area (Å²) in [5.41, 5.74) is 3.54. The Bertz CT molecular complexity index is 480. The number of carboxylic acids is 1. The zero-order valence-corrected chi connectivity index (χ0v) is 12.1. The van der Waals surface area contributed by atoms with Gasteiger partial charge in [0.15, 0.2) is 0 Å². The van der Waals surface area contributed by atoms with Gasteiger partial charge in [-0.25, -0.2) is 0 Å². The number of aryl methyl sites for hydroxylation is 2. The zero-order chi connectivity index (χ0) is 14.0. The summed E-state index contributed by atoms with van der Waals surface area (Å²) in [4.78, 5) is 13.2. The van der Waals surface area contributed by atoms with Gasteiger partial charge >= 0.3 is 5.97 Å². The summed E-state index contributed by atoms with van der Waals surface area (Å²) in [7, 11) is 1.98. The number of benzene rings is 1. The standard InChI is InChI=1S/C16H23NO2/c1-16(2,15(18)19)11-17(3)10-12-7-8-13-5-4-6-14(13)9-12/h7-9H,4-6,10-11H2,1-3H3,(H,18,19). The van der Waals surface area contributed by atoms with Crippen LogP contribution in [0.1, 0.15) is 37.0 Å². The van der Waals surface area contributed by atoms with E-state index < -0.39 is 11.4 Å². The number of fused-ring (bicyclic) bond motifs is 1. The first-order valence-electron chi connectivity index (χ1n) is 6.91. The Morgan fingerprint density at radius 2 is 2.00 bits per heavy atom. The highest BCUT2D eigenvalue weighted by Crippen LogP contribution is 2.24. The first-order valence-corrected chi connectivity index (χ1v) is 6.91. The lowest BCUT2D eigenvalue weighted by Crippen LogP contribution is -2.36. The largest absolute Gasteiger partial charge is 0.481 e. The average Bonchev–Trinajstić information content (AvgIpc) is 2.74. The van der Waals surface area contributed by atoms with Crippen molar-refractivity contribution in [2.45, 2.75) is 39.7 Å². The Morgan fingerprint density at radius 3 is 2.68 bits per heavy atom. The molecule has 1 N–H and O–H groups in total. The van der Waals surface area contributed by atoms with E-state index in [2.05, 4.69) is 23.1 Å². The smallest absolute Gasteiger partial charge is 0.310 e. The second kappa shape index (κ2) is 5.33. The molecular formula is C16H23NO2. The SMILES string of the molecule is CN(Cc1ccc2c(c1)CCC2)CC(C)(C)C(=O)O. The van der Waals surface area contributed by atoms with Crippen LogP contribution in [0.4, 0.5) is 0 Å². The van der Waals surface area contributed by atoms with Crippen molar-refractivity contribution >= 4 is 5.97 Å². The zero-order valence-electron chi connectivity index (χ0n) is 12.1. The van der Waals surface area contributed by atoms with Crippen LogP contribution in [0.15, 0.2) is 18.2 Å². The van der Waals surface area contributed by atoms with Crippen molar-refractivity contribution in [3.05, 3.63) is 34.9 Å². The number of aliphatic carboxylic acids is 1. The van der Waals surface area contributed by atoms with E-state index in [0.29, 0.717) is 6.54 Å². The Morgan fingerprint density at radius 1 is 1.32 bits per heavy atom. The Balaban J connectivity index is 1.99. The predicted octanol–water partition coefficient (Wildman–Crippen LogP) is 2.72. The number of hydrogen-bond donors (Lipinski definition) is 1. The average molecular weight is 261 g/mol. The molecule has 0 aromatic heterocycles. The normalized spacial score (nSPS) is 14.7. The lowest BCUT2D eigenvalue weighted by Gasteiger charge is -2.26. The van der Waals surface area contributed by atoms with Gasteiger partial charge < -0.3 is 10.0 Å². The maximum Gasteiger partial charge on any atom is 0.310 e. The molecule has 0 heterocycles. The minimum absolute atomic E-state index is 0.555. The van der Waals surface area contributed by atoms with Gasteiger partial charge in [-0.3, -0.25) is 4.79 Å². The summed E-state index contributed by atoms with van der Waals surface area (Å²) in [6.07, 6.45) is 3.66. The molecule has 0 atom stereocenters. The lowest BCUT2D eigenvalue weighted by molar-refractivity contribution is -0.147. The van der Waals surface area contributed by atoms with Gasteiger partial charge in [0.1, 0.15) is 0 Å². The Labute approximate surface area is 115 Å². The second-order valence-corrected chi connectivity index (χ2v) is 6.32. The maximum absolute atomic E-state index is 11.1. The summed E-state index contributed by atoms with van der Waals surface area (Å²) in [6.45, 7) is 4.91. The van der Waals surface area contributed by atoms with Crippen LogP contribution in [0.3, 0.4) is 0 Å². The molecule has 0 spiro atoms. The molecule has 1 aromatic carbocycles. The van der Waals surface area contributed by atoms with Crippen LogP contribution < -0.4 is 0 Å². The molecule has 19 heavy (non-hydrogen) atoms. The molecule has 0 radical (unpaired) electrons. The summed E-state index contributed by atoms with van der Waals surface area (Å²) >= 11 is 0. The van der Waals surface area contributed by atoms with Crippen molar-refractivity contribution in [2.75, 3.05) is 13.6 Å². The van der Waals surface area contributed by atoms with Crippen LogP contribution in [0.2, 0.25) is 0 Å². The van der Waals surface area contributed by atoms with E-state index in [1.54, 1.807) is 13.8 Å². The molecule has 2 rings (SSSR count). The summed E-state index contributed by atoms with van der Waals surface area (Å²) < 4.78 is 0.